The highest BCUT2D eigenvalue weighted by Gasteiger charge is 2.24. The van der Waals surface area contributed by atoms with Gasteiger partial charge in [0.1, 0.15) is 0 Å². The summed E-state index contributed by atoms with van der Waals surface area (Å²) in [5.74, 6) is 0.364. The molecular formula is C23H29ClN2O. The fourth-order valence-corrected chi connectivity index (χ4v) is 3.82. The van der Waals surface area contributed by atoms with E-state index < -0.39 is 0 Å². The number of rotatable bonds is 7. The van der Waals surface area contributed by atoms with Crippen LogP contribution in [0, 0.1) is 12.8 Å². The van der Waals surface area contributed by atoms with Gasteiger partial charge in [0, 0.05) is 24.0 Å². The molecule has 1 fully saturated rings. The van der Waals surface area contributed by atoms with Crippen LogP contribution < -0.4 is 5.32 Å². The van der Waals surface area contributed by atoms with E-state index in [0.29, 0.717) is 0 Å². The van der Waals surface area contributed by atoms with E-state index in [4.69, 9.17) is 11.6 Å². The SMILES string of the molecule is Cc1ccc(CCCNC(=O)C2CCN(Cc3ccccc3Cl)CC2)cc1. The number of halogens is 1. The lowest BCUT2D eigenvalue weighted by Crippen LogP contribution is -2.40. The molecule has 0 unspecified atom stereocenters. The molecule has 4 heteroatoms. The number of aryl methyl sites for hydroxylation is 2. The maximum absolute atomic E-state index is 12.4. The summed E-state index contributed by atoms with van der Waals surface area (Å²) in [4.78, 5) is 14.8. The molecule has 0 aliphatic carbocycles. The summed E-state index contributed by atoms with van der Waals surface area (Å²) in [6.45, 7) is 5.63. The normalized spacial score (nSPS) is 15.6. The second kappa shape index (κ2) is 9.91. The predicted molar refractivity (Wildman–Crippen MR) is 112 cm³/mol. The van der Waals surface area contributed by atoms with Gasteiger partial charge in [0.2, 0.25) is 5.91 Å². The van der Waals surface area contributed by atoms with Gasteiger partial charge < -0.3 is 5.32 Å². The van der Waals surface area contributed by atoms with Crippen molar-refractivity contribution in [1.29, 1.82) is 0 Å². The first-order chi connectivity index (χ1) is 13.1. The van der Waals surface area contributed by atoms with Gasteiger partial charge in [-0.25, -0.2) is 0 Å². The molecular weight excluding hydrogens is 356 g/mol. The van der Waals surface area contributed by atoms with Crippen molar-refractivity contribution in [2.75, 3.05) is 19.6 Å². The van der Waals surface area contributed by atoms with E-state index in [0.717, 1.165) is 62.4 Å². The number of carbonyl (C=O) groups excluding carboxylic acids is 1. The number of hydrogen-bond donors (Lipinski definition) is 1. The average molecular weight is 385 g/mol. The van der Waals surface area contributed by atoms with Crippen LogP contribution in [0.2, 0.25) is 5.02 Å². The summed E-state index contributed by atoms with van der Waals surface area (Å²) in [7, 11) is 0. The van der Waals surface area contributed by atoms with Crippen molar-refractivity contribution < 1.29 is 4.79 Å². The average Bonchev–Trinajstić information content (AvgIpc) is 2.69. The van der Waals surface area contributed by atoms with Crippen LogP contribution in [-0.2, 0) is 17.8 Å². The molecule has 27 heavy (non-hydrogen) atoms. The highest BCUT2D eigenvalue weighted by atomic mass is 35.5. The molecule has 0 bridgehead atoms. The standard InChI is InChI=1S/C23H29ClN2O/c1-18-8-10-19(11-9-18)5-4-14-25-23(27)20-12-15-26(16-13-20)17-21-6-2-3-7-22(21)24/h2-3,6-11,20H,4-5,12-17H2,1H3,(H,25,27). The molecule has 0 spiro atoms. The van der Waals surface area contributed by atoms with Gasteiger partial charge in [-0.2, -0.15) is 0 Å². The fraction of sp³-hybridized carbons (Fsp3) is 0.435. The predicted octanol–water partition coefficient (Wildman–Crippen LogP) is 4.61. The summed E-state index contributed by atoms with van der Waals surface area (Å²) in [6, 6.07) is 16.6. The van der Waals surface area contributed by atoms with Crippen LogP contribution in [0.1, 0.15) is 36.0 Å². The van der Waals surface area contributed by atoms with Crippen LogP contribution in [0.4, 0.5) is 0 Å². The second-order valence-corrected chi connectivity index (χ2v) is 7.93. The molecule has 0 aromatic heterocycles. The summed E-state index contributed by atoms with van der Waals surface area (Å²) < 4.78 is 0. The summed E-state index contributed by atoms with van der Waals surface area (Å²) in [6.07, 6.45) is 3.85. The Bertz CT molecular complexity index is 736. The van der Waals surface area contributed by atoms with E-state index in [9.17, 15) is 4.79 Å². The molecule has 2 aromatic rings. The Labute approximate surface area is 167 Å². The van der Waals surface area contributed by atoms with Crippen molar-refractivity contribution in [2.24, 2.45) is 5.92 Å². The minimum atomic E-state index is 0.145. The molecule has 2 aromatic carbocycles. The monoisotopic (exact) mass is 384 g/mol. The summed E-state index contributed by atoms with van der Waals surface area (Å²) in [5.41, 5.74) is 3.79. The third-order valence-electron chi connectivity index (χ3n) is 5.37. The molecule has 1 saturated heterocycles. The van der Waals surface area contributed by atoms with Crippen molar-refractivity contribution in [3.05, 3.63) is 70.2 Å². The molecule has 0 radical (unpaired) electrons. The number of likely N-dealkylation sites (tertiary alicyclic amines) is 1. The van der Waals surface area contributed by atoms with Crippen molar-refractivity contribution in [1.82, 2.24) is 10.2 Å². The number of piperidine rings is 1. The fourth-order valence-electron chi connectivity index (χ4n) is 3.62. The first-order valence-corrected chi connectivity index (χ1v) is 10.3. The number of hydrogen-bond acceptors (Lipinski definition) is 2. The lowest BCUT2D eigenvalue weighted by Gasteiger charge is -2.31. The molecule has 1 aliphatic heterocycles. The van der Waals surface area contributed by atoms with Crippen molar-refractivity contribution in [2.45, 2.75) is 39.2 Å². The number of amides is 1. The first kappa shape index (κ1) is 19.9. The number of carbonyl (C=O) groups is 1. The van der Waals surface area contributed by atoms with Gasteiger partial charge >= 0.3 is 0 Å². The van der Waals surface area contributed by atoms with Gasteiger partial charge in [-0.3, -0.25) is 9.69 Å². The number of benzene rings is 2. The highest BCUT2D eigenvalue weighted by molar-refractivity contribution is 6.31. The smallest absolute Gasteiger partial charge is 0.223 e. The van der Waals surface area contributed by atoms with Crippen molar-refractivity contribution in [3.63, 3.8) is 0 Å². The quantitative estimate of drug-likeness (QED) is 0.707. The Balaban J connectivity index is 1.34. The van der Waals surface area contributed by atoms with Crippen LogP contribution in [0.3, 0.4) is 0 Å². The van der Waals surface area contributed by atoms with Crippen molar-refractivity contribution >= 4 is 17.5 Å². The Morgan fingerprint density at radius 1 is 1.11 bits per heavy atom. The van der Waals surface area contributed by atoms with Crippen LogP contribution in [0.25, 0.3) is 0 Å². The topological polar surface area (TPSA) is 32.3 Å². The molecule has 1 heterocycles. The zero-order valence-electron chi connectivity index (χ0n) is 16.1. The van der Waals surface area contributed by atoms with E-state index in [2.05, 4.69) is 47.5 Å². The molecule has 0 atom stereocenters. The van der Waals surface area contributed by atoms with Crippen LogP contribution in [0.15, 0.2) is 48.5 Å². The third-order valence-corrected chi connectivity index (χ3v) is 5.74. The van der Waals surface area contributed by atoms with E-state index in [1.807, 2.05) is 18.2 Å². The molecule has 1 aliphatic rings. The van der Waals surface area contributed by atoms with Crippen LogP contribution in [0.5, 0.6) is 0 Å². The maximum atomic E-state index is 12.4. The lowest BCUT2D eigenvalue weighted by atomic mass is 9.95. The summed E-state index contributed by atoms with van der Waals surface area (Å²) >= 11 is 6.25. The largest absolute Gasteiger partial charge is 0.356 e. The van der Waals surface area contributed by atoms with Gasteiger partial charge in [0.15, 0.2) is 0 Å². The molecule has 0 saturated carbocycles. The lowest BCUT2D eigenvalue weighted by molar-refractivity contribution is -0.126. The zero-order valence-corrected chi connectivity index (χ0v) is 16.8. The molecule has 3 nitrogen and oxygen atoms in total. The Kier molecular flexibility index (Phi) is 7.31. The summed E-state index contributed by atoms with van der Waals surface area (Å²) in [5, 5.41) is 3.95. The van der Waals surface area contributed by atoms with Gasteiger partial charge in [-0.05, 0) is 62.9 Å². The third kappa shape index (κ3) is 6.08. The van der Waals surface area contributed by atoms with E-state index in [1.54, 1.807) is 0 Å². The van der Waals surface area contributed by atoms with Crippen molar-refractivity contribution in [3.8, 4) is 0 Å². The zero-order chi connectivity index (χ0) is 19.1. The van der Waals surface area contributed by atoms with Gasteiger partial charge in [0.25, 0.3) is 0 Å². The minimum absolute atomic E-state index is 0.145. The van der Waals surface area contributed by atoms with Crippen LogP contribution in [-0.4, -0.2) is 30.4 Å². The first-order valence-electron chi connectivity index (χ1n) is 9.91. The van der Waals surface area contributed by atoms with E-state index in [1.165, 1.54) is 11.1 Å². The molecule has 3 rings (SSSR count). The molecule has 1 amide bonds. The van der Waals surface area contributed by atoms with Gasteiger partial charge in [0.05, 0.1) is 0 Å². The highest BCUT2D eigenvalue weighted by Crippen LogP contribution is 2.22. The second-order valence-electron chi connectivity index (χ2n) is 7.52. The Morgan fingerprint density at radius 3 is 2.52 bits per heavy atom. The number of nitrogens with zero attached hydrogens (tertiary/aromatic N) is 1. The van der Waals surface area contributed by atoms with E-state index >= 15 is 0 Å². The van der Waals surface area contributed by atoms with Crippen LogP contribution >= 0.6 is 11.6 Å². The van der Waals surface area contributed by atoms with Gasteiger partial charge in [-0.15, -0.1) is 0 Å². The molecule has 1 N–H and O–H groups in total. The van der Waals surface area contributed by atoms with E-state index in [-0.39, 0.29) is 11.8 Å². The maximum Gasteiger partial charge on any atom is 0.223 e. The minimum Gasteiger partial charge on any atom is -0.356 e. The molecule has 144 valence electrons. The Morgan fingerprint density at radius 2 is 1.81 bits per heavy atom. The number of nitrogens with one attached hydrogen (secondary N) is 1. The Hall–Kier alpha value is -1.84. The van der Waals surface area contributed by atoms with Gasteiger partial charge in [-0.1, -0.05) is 59.6 Å².